The molecule has 2 atom stereocenters. The lowest BCUT2D eigenvalue weighted by Crippen LogP contribution is -2.55. The number of hydrogen-bond acceptors (Lipinski definition) is 8. The van der Waals surface area contributed by atoms with Crippen molar-refractivity contribution in [2.45, 2.75) is 31.5 Å². The summed E-state index contributed by atoms with van der Waals surface area (Å²) in [5.41, 5.74) is 0.807. The molecule has 0 saturated carbocycles. The lowest BCUT2D eigenvalue weighted by Gasteiger charge is -2.34. The number of ether oxygens (including phenoxy) is 4. The van der Waals surface area contributed by atoms with Gasteiger partial charge in [-0.1, -0.05) is 0 Å². The fourth-order valence-electron chi connectivity index (χ4n) is 3.76. The molecule has 1 aromatic rings. The molecule has 3 aliphatic heterocycles. The molecule has 11 heteroatoms. The molecule has 4 rings (SSSR count). The summed E-state index contributed by atoms with van der Waals surface area (Å²) in [6.07, 6.45) is -1.33. The topological polar surface area (TPSA) is 112 Å². The molecule has 2 saturated heterocycles. The third-order valence-corrected chi connectivity index (χ3v) is 5.34. The van der Waals surface area contributed by atoms with Gasteiger partial charge in [0, 0.05) is 18.5 Å². The van der Waals surface area contributed by atoms with E-state index in [0.717, 1.165) is 4.90 Å². The number of imide groups is 1. The lowest BCUT2D eigenvalue weighted by atomic mass is 10.0. The summed E-state index contributed by atoms with van der Waals surface area (Å²) in [6, 6.07) is 2.91. The van der Waals surface area contributed by atoms with Gasteiger partial charge < -0.3 is 23.8 Å². The van der Waals surface area contributed by atoms with E-state index in [1.807, 2.05) is 0 Å². The average Bonchev–Trinajstić information content (AvgIpc) is 3.08. The van der Waals surface area contributed by atoms with Crippen LogP contribution in [0.3, 0.4) is 0 Å². The molecule has 0 radical (unpaired) electrons. The lowest BCUT2D eigenvalue weighted by molar-refractivity contribution is -0.157. The van der Waals surface area contributed by atoms with Gasteiger partial charge in [0.25, 0.3) is 11.8 Å². The monoisotopic (exact) mass is 436 g/mol. The molecule has 1 aromatic carbocycles. The Hall–Kier alpha value is -3.05. The highest BCUT2D eigenvalue weighted by atomic mass is 19.1. The Kier molecular flexibility index (Phi) is 6.14. The van der Waals surface area contributed by atoms with Crippen LogP contribution in [0.2, 0.25) is 0 Å². The summed E-state index contributed by atoms with van der Waals surface area (Å²) in [6.45, 7) is 0.512. The second-order valence-corrected chi connectivity index (χ2v) is 7.35. The summed E-state index contributed by atoms with van der Waals surface area (Å²) in [5, 5.41) is 0. The summed E-state index contributed by atoms with van der Waals surface area (Å²) >= 11 is 0. The van der Waals surface area contributed by atoms with Gasteiger partial charge in [-0.15, -0.1) is 0 Å². The van der Waals surface area contributed by atoms with Crippen molar-refractivity contribution < 1.29 is 42.5 Å². The Labute approximate surface area is 176 Å². The predicted octanol–water partition coefficient (Wildman–Crippen LogP) is 0.825. The first-order chi connectivity index (χ1) is 14.9. The van der Waals surface area contributed by atoms with Crippen molar-refractivity contribution in [3.8, 4) is 0 Å². The molecule has 3 aliphatic rings. The summed E-state index contributed by atoms with van der Waals surface area (Å²) in [5.74, 6) is -2.06. The highest BCUT2D eigenvalue weighted by Crippen LogP contribution is 2.29. The number of rotatable bonds is 5. The zero-order chi connectivity index (χ0) is 22.0. The number of carbonyl (C=O) groups is 4. The van der Waals surface area contributed by atoms with Gasteiger partial charge in [-0.05, 0) is 30.2 Å². The van der Waals surface area contributed by atoms with Crippen LogP contribution in [0.15, 0.2) is 18.2 Å². The molecule has 2 unspecified atom stereocenters. The largest absolute Gasteiger partial charge is 0.510 e. The van der Waals surface area contributed by atoms with E-state index in [1.165, 1.54) is 23.1 Å². The number of fused-ring (bicyclic) bond motifs is 1. The van der Waals surface area contributed by atoms with E-state index in [2.05, 4.69) is 0 Å². The molecular weight excluding hydrogens is 415 g/mol. The van der Waals surface area contributed by atoms with Crippen LogP contribution >= 0.6 is 0 Å². The Morgan fingerprint density at radius 2 is 2.03 bits per heavy atom. The average molecular weight is 436 g/mol. The molecular formula is C20H21FN2O8. The van der Waals surface area contributed by atoms with Gasteiger partial charge in [0.15, 0.2) is 6.73 Å². The zero-order valence-corrected chi connectivity index (χ0v) is 16.6. The standard InChI is InChI=1S/C20H21FN2O8/c21-13-1-2-15-12(7-13)8-22(18(15)25)16-3-4-17(24)23(19(16)26)11-31-20(27)30-10-14-9-28-5-6-29-14/h1-2,7,14,16H,3-6,8-11H2. The third kappa shape index (κ3) is 4.52. The van der Waals surface area contributed by atoms with Gasteiger partial charge in [-0.2, -0.15) is 0 Å². The molecule has 0 aliphatic carbocycles. The van der Waals surface area contributed by atoms with Gasteiger partial charge >= 0.3 is 6.16 Å². The van der Waals surface area contributed by atoms with Crippen molar-refractivity contribution in [2.24, 2.45) is 0 Å². The minimum Gasteiger partial charge on any atom is -0.431 e. The predicted molar refractivity (Wildman–Crippen MR) is 99.0 cm³/mol. The minimum absolute atomic E-state index is 0.00342. The van der Waals surface area contributed by atoms with Crippen molar-refractivity contribution in [3.63, 3.8) is 0 Å². The van der Waals surface area contributed by atoms with Gasteiger partial charge in [0.1, 0.15) is 24.6 Å². The van der Waals surface area contributed by atoms with E-state index in [0.29, 0.717) is 24.3 Å². The number of piperidine rings is 1. The second kappa shape index (κ2) is 8.98. The third-order valence-electron chi connectivity index (χ3n) is 5.34. The molecule has 166 valence electrons. The van der Waals surface area contributed by atoms with Crippen LogP contribution in [0.4, 0.5) is 9.18 Å². The van der Waals surface area contributed by atoms with Crippen molar-refractivity contribution >= 4 is 23.9 Å². The van der Waals surface area contributed by atoms with E-state index in [9.17, 15) is 23.6 Å². The summed E-state index contributed by atoms with van der Waals surface area (Å²) in [4.78, 5) is 51.7. The number of amides is 3. The van der Waals surface area contributed by atoms with E-state index < -0.39 is 48.6 Å². The molecule has 0 spiro atoms. The maximum atomic E-state index is 13.5. The van der Waals surface area contributed by atoms with Crippen LogP contribution in [0, 0.1) is 5.82 Å². The van der Waals surface area contributed by atoms with Crippen LogP contribution in [-0.2, 0) is 35.1 Å². The SMILES string of the molecule is O=C(OCC1COCCO1)OCN1C(=O)CCC(N2Cc3cc(F)ccc3C2=O)C1=O. The van der Waals surface area contributed by atoms with Crippen LogP contribution < -0.4 is 0 Å². The molecule has 10 nitrogen and oxygen atoms in total. The minimum atomic E-state index is -1.06. The van der Waals surface area contributed by atoms with E-state index in [1.54, 1.807) is 0 Å². The first kappa shape index (κ1) is 21.2. The second-order valence-electron chi connectivity index (χ2n) is 7.35. The number of nitrogens with zero attached hydrogens (tertiary/aromatic N) is 2. The Morgan fingerprint density at radius 3 is 2.81 bits per heavy atom. The molecule has 3 heterocycles. The molecule has 31 heavy (non-hydrogen) atoms. The van der Waals surface area contributed by atoms with Gasteiger partial charge in [0.2, 0.25) is 5.91 Å². The van der Waals surface area contributed by atoms with Crippen LogP contribution in [0.25, 0.3) is 0 Å². The number of halogens is 1. The Morgan fingerprint density at radius 1 is 1.19 bits per heavy atom. The van der Waals surface area contributed by atoms with Crippen molar-refractivity contribution in [2.75, 3.05) is 33.2 Å². The van der Waals surface area contributed by atoms with Crippen LogP contribution in [0.5, 0.6) is 0 Å². The molecule has 2 fully saturated rings. The van der Waals surface area contributed by atoms with E-state index >= 15 is 0 Å². The fourth-order valence-corrected chi connectivity index (χ4v) is 3.76. The van der Waals surface area contributed by atoms with Crippen molar-refractivity contribution in [1.29, 1.82) is 0 Å². The number of carbonyl (C=O) groups excluding carboxylic acids is 4. The maximum Gasteiger partial charge on any atom is 0.510 e. The normalized spacial score (nSPS) is 23.7. The van der Waals surface area contributed by atoms with Crippen molar-refractivity contribution in [1.82, 2.24) is 9.80 Å². The van der Waals surface area contributed by atoms with E-state index in [-0.39, 0.29) is 32.6 Å². The summed E-state index contributed by atoms with van der Waals surface area (Å²) in [7, 11) is 0. The molecule has 0 N–H and O–H groups in total. The zero-order valence-electron chi connectivity index (χ0n) is 16.6. The Balaban J connectivity index is 1.33. The number of benzene rings is 1. The first-order valence-electron chi connectivity index (χ1n) is 9.86. The molecule has 3 amide bonds. The number of likely N-dealkylation sites (tertiary alicyclic amines) is 1. The highest BCUT2D eigenvalue weighted by molar-refractivity contribution is 6.05. The number of hydrogen-bond donors (Lipinski definition) is 0. The fraction of sp³-hybridized carbons (Fsp3) is 0.500. The van der Waals surface area contributed by atoms with Crippen LogP contribution in [0.1, 0.15) is 28.8 Å². The van der Waals surface area contributed by atoms with E-state index in [4.69, 9.17) is 18.9 Å². The molecule has 0 bridgehead atoms. The summed E-state index contributed by atoms with van der Waals surface area (Å²) < 4.78 is 33.8. The van der Waals surface area contributed by atoms with Gasteiger partial charge in [0.05, 0.1) is 19.8 Å². The quantitative estimate of drug-likeness (QED) is 0.493. The van der Waals surface area contributed by atoms with Gasteiger partial charge in [-0.3, -0.25) is 14.4 Å². The highest BCUT2D eigenvalue weighted by Gasteiger charge is 2.43. The van der Waals surface area contributed by atoms with Crippen molar-refractivity contribution in [3.05, 3.63) is 35.1 Å². The smallest absolute Gasteiger partial charge is 0.431 e. The van der Waals surface area contributed by atoms with Crippen LogP contribution in [-0.4, -0.2) is 79.0 Å². The Bertz CT molecular complexity index is 901. The van der Waals surface area contributed by atoms with Gasteiger partial charge in [-0.25, -0.2) is 14.1 Å². The first-order valence-corrected chi connectivity index (χ1v) is 9.86. The maximum absolute atomic E-state index is 13.5. The molecule has 0 aromatic heterocycles.